The second-order valence-corrected chi connectivity index (χ2v) is 5.09. The van der Waals surface area contributed by atoms with E-state index in [1.165, 1.54) is 20.0 Å². The fraction of sp³-hybridized carbons (Fsp3) is 0.917. The standard InChI is InChI=1S/C12H24N2O2/c1-4-7-14(8-10-5-6-10)9-12(2,13)11(15)16-3/h10H,4-9,13H2,1-3H3. The molecular weight excluding hydrogens is 204 g/mol. The average Bonchev–Trinajstić information content (AvgIpc) is 3.00. The van der Waals surface area contributed by atoms with Gasteiger partial charge in [-0.3, -0.25) is 4.79 Å². The van der Waals surface area contributed by atoms with E-state index in [2.05, 4.69) is 11.8 Å². The molecule has 0 amide bonds. The van der Waals surface area contributed by atoms with Crippen molar-refractivity contribution in [2.24, 2.45) is 11.7 Å². The van der Waals surface area contributed by atoms with E-state index in [1.807, 2.05) is 0 Å². The predicted octanol–water partition coefficient (Wildman–Crippen LogP) is 0.999. The molecule has 0 spiro atoms. The fourth-order valence-corrected chi connectivity index (χ4v) is 1.98. The smallest absolute Gasteiger partial charge is 0.326 e. The third kappa shape index (κ3) is 4.10. The lowest BCUT2D eigenvalue weighted by Gasteiger charge is -2.30. The normalized spacial score (nSPS) is 19.6. The zero-order valence-electron chi connectivity index (χ0n) is 10.7. The Labute approximate surface area is 98.1 Å². The minimum Gasteiger partial charge on any atom is -0.468 e. The lowest BCUT2D eigenvalue weighted by Crippen LogP contribution is -2.54. The molecule has 16 heavy (non-hydrogen) atoms. The van der Waals surface area contributed by atoms with E-state index in [1.54, 1.807) is 6.92 Å². The highest BCUT2D eigenvalue weighted by Crippen LogP contribution is 2.30. The van der Waals surface area contributed by atoms with Crippen LogP contribution < -0.4 is 5.73 Å². The largest absolute Gasteiger partial charge is 0.468 e. The highest BCUT2D eigenvalue weighted by atomic mass is 16.5. The number of methoxy groups -OCH3 is 1. The van der Waals surface area contributed by atoms with Crippen molar-refractivity contribution in [3.8, 4) is 0 Å². The molecule has 0 bridgehead atoms. The molecule has 0 aromatic rings. The number of hydrogen-bond donors (Lipinski definition) is 1. The lowest BCUT2D eigenvalue weighted by molar-refractivity contribution is -0.147. The highest BCUT2D eigenvalue weighted by molar-refractivity contribution is 5.80. The van der Waals surface area contributed by atoms with Crippen molar-refractivity contribution in [1.82, 2.24) is 4.90 Å². The summed E-state index contributed by atoms with van der Waals surface area (Å²) in [5, 5.41) is 0. The molecule has 1 fully saturated rings. The molecule has 1 aliphatic rings. The molecule has 4 nitrogen and oxygen atoms in total. The van der Waals surface area contributed by atoms with Gasteiger partial charge in [0.15, 0.2) is 0 Å². The Kier molecular flexibility index (Phi) is 4.74. The van der Waals surface area contributed by atoms with Crippen molar-refractivity contribution in [1.29, 1.82) is 0 Å². The number of rotatable bonds is 7. The van der Waals surface area contributed by atoms with E-state index in [-0.39, 0.29) is 5.97 Å². The second-order valence-electron chi connectivity index (χ2n) is 5.09. The van der Waals surface area contributed by atoms with Crippen LogP contribution in [0.5, 0.6) is 0 Å². The Morgan fingerprint density at radius 2 is 2.19 bits per heavy atom. The maximum absolute atomic E-state index is 11.5. The van der Waals surface area contributed by atoms with Crippen molar-refractivity contribution in [2.75, 3.05) is 26.7 Å². The van der Waals surface area contributed by atoms with Gasteiger partial charge in [-0.25, -0.2) is 0 Å². The third-order valence-electron chi connectivity index (χ3n) is 2.96. The monoisotopic (exact) mass is 228 g/mol. The van der Waals surface area contributed by atoms with Gasteiger partial charge in [-0.05, 0) is 38.6 Å². The molecule has 1 saturated carbocycles. The molecule has 1 atom stereocenters. The molecule has 0 radical (unpaired) electrons. The van der Waals surface area contributed by atoms with E-state index >= 15 is 0 Å². The van der Waals surface area contributed by atoms with Crippen LogP contribution in [0.3, 0.4) is 0 Å². The summed E-state index contributed by atoms with van der Waals surface area (Å²) in [6.07, 6.45) is 3.73. The molecule has 0 aromatic heterocycles. The van der Waals surface area contributed by atoms with Crippen LogP contribution in [0, 0.1) is 5.92 Å². The number of nitrogens with two attached hydrogens (primary N) is 1. The topological polar surface area (TPSA) is 55.6 Å². The van der Waals surface area contributed by atoms with Gasteiger partial charge in [-0.2, -0.15) is 0 Å². The molecule has 2 N–H and O–H groups in total. The first-order valence-electron chi connectivity index (χ1n) is 6.09. The number of ether oxygens (including phenoxy) is 1. The van der Waals surface area contributed by atoms with Gasteiger partial charge in [0.1, 0.15) is 5.54 Å². The summed E-state index contributed by atoms with van der Waals surface area (Å²) in [7, 11) is 1.39. The Bertz CT molecular complexity index is 237. The molecule has 1 unspecified atom stereocenters. The summed E-state index contributed by atoms with van der Waals surface area (Å²) in [4.78, 5) is 13.8. The van der Waals surface area contributed by atoms with E-state index in [0.29, 0.717) is 6.54 Å². The summed E-state index contributed by atoms with van der Waals surface area (Å²) in [6.45, 7) is 6.54. The first-order valence-corrected chi connectivity index (χ1v) is 6.09. The van der Waals surface area contributed by atoms with Gasteiger partial charge in [0.05, 0.1) is 7.11 Å². The molecule has 0 heterocycles. The third-order valence-corrected chi connectivity index (χ3v) is 2.96. The van der Waals surface area contributed by atoms with Gasteiger partial charge in [-0.1, -0.05) is 6.92 Å². The molecular formula is C12H24N2O2. The minimum absolute atomic E-state index is 0.329. The fourth-order valence-electron chi connectivity index (χ4n) is 1.98. The van der Waals surface area contributed by atoms with Gasteiger partial charge in [0.25, 0.3) is 0 Å². The van der Waals surface area contributed by atoms with Crippen molar-refractivity contribution in [3.05, 3.63) is 0 Å². The van der Waals surface area contributed by atoms with Crippen LogP contribution in [0.15, 0.2) is 0 Å². The Hall–Kier alpha value is -0.610. The first kappa shape index (κ1) is 13.5. The number of esters is 1. The van der Waals surface area contributed by atoms with Gasteiger partial charge >= 0.3 is 5.97 Å². The van der Waals surface area contributed by atoms with E-state index in [0.717, 1.165) is 25.4 Å². The lowest BCUT2D eigenvalue weighted by atomic mass is 10.0. The predicted molar refractivity (Wildman–Crippen MR) is 64.1 cm³/mol. The van der Waals surface area contributed by atoms with Crippen LogP contribution in [0.1, 0.15) is 33.1 Å². The maximum atomic E-state index is 11.5. The number of carbonyl (C=O) groups excluding carboxylic acids is 1. The zero-order chi connectivity index (χ0) is 12.2. The Morgan fingerprint density at radius 1 is 1.56 bits per heavy atom. The molecule has 1 rings (SSSR count). The summed E-state index contributed by atoms with van der Waals surface area (Å²) in [5.41, 5.74) is 5.09. The zero-order valence-corrected chi connectivity index (χ0v) is 10.7. The van der Waals surface area contributed by atoms with E-state index in [9.17, 15) is 4.79 Å². The molecule has 0 aliphatic heterocycles. The molecule has 1 aliphatic carbocycles. The quantitative estimate of drug-likeness (QED) is 0.660. The summed E-state index contributed by atoms with van der Waals surface area (Å²) >= 11 is 0. The summed E-state index contributed by atoms with van der Waals surface area (Å²) < 4.78 is 4.72. The molecule has 4 heteroatoms. The van der Waals surface area contributed by atoms with E-state index < -0.39 is 5.54 Å². The number of carbonyl (C=O) groups is 1. The first-order chi connectivity index (χ1) is 7.49. The molecule has 0 saturated heterocycles. The summed E-state index contributed by atoms with van der Waals surface area (Å²) in [6, 6.07) is 0. The van der Waals surface area contributed by atoms with Crippen molar-refractivity contribution < 1.29 is 9.53 Å². The highest BCUT2D eigenvalue weighted by Gasteiger charge is 2.33. The van der Waals surface area contributed by atoms with Crippen LogP contribution in [0.4, 0.5) is 0 Å². The van der Waals surface area contributed by atoms with Crippen molar-refractivity contribution in [3.63, 3.8) is 0 Å². The second kappa shape index (κ2) is 5.64. The number of nitrogens with zero attached hydrogens (tertiary/aromatic N) is 1. The van der Waals surface area contributed by atoms with Crippen molar-refractivity contribution >= 4 is 5.97 Å². The molecule has 94 valence electrons. The number of hydrogen-bond acceptors (Lipinski definition) is 4. The Balaban J connectivity index is 2.47. The maximum Gasteiger partial charge on any atom is 0.326 e. The van der Waals surface area contributed by atoms with Gasteiger partial charge < -0.3 is 15.4 Å². The average molecular weight is 228 g/mol. The van der Waals surface area contributed by atoms with Gasteiger partial charge in [0, 0.05) is 13.1 Å². The van der Waals surface area contributed by atoms with Crippen LogP contribution in [-0.2, 0) is 9.53 Å². The van der Waals surface area contributed by atoms with E-state index in [4.69, 9.17) is 10.5 Å². The van der Waals surface area contributed by atoms with Crippen molar-refractivity contribution in [2.45, 2.75) is 38.6 Å². The van der Waals surface area contributed by atoms with Crippen LogP contribution in [0.25, 0.3) is 0 Å². The van der Waals surface area contributed by atoms with Crippen LogP contribution in [0.2, 0.25) is 0 Å². The van der Waals surface area contributed by atoms with Crippen LogP contribution >= 0.6 is 0 Å². The van der Waals surface area contributed by atoms with Crippen LogP contribution in [-0.4, -0.2) is 43.2 Å². The SMILES string of the molecule is CCCN(CC1CC1)CC(C)(N)C(=O)OC. The molecule has 0 aromatic carbocycles. The van der Waals surface area contributed by atoms with Gasteiger partial charge in [0.2, 0.25) is 0 Å². The summed E-state index contributed by atoms with van der Waals surface area (Å²) in [5.74, 6) is 0.490. The van der Waals surface area contributed by atoms with Gasteiger partial charge in [-0.15, -0.1) is 0 Å². The Morgan fingerprint density at radius 3 is 2.62 bits per heavy atom. The minimum atomic E-state index is -0.890.